The number of anilines is 1. The van der Waals surface area contributed by atoms with E-state index in [0.29, 0.717) is 17.2 Å². The number of carbonyl (C=O) groups excluding carboxylic acids is 2. The summed E-state index contributed by atoms with van der Waals surface area (Å²) in [4.78, 5) is 24.3. The lowest BCUT2D eigenvalue weighted by Gasteiger charge is -2.14. The third-order valence-corrected chi connectivity index (χ3v) is 3.89. The summed E-state index contributed by atoms with van der Waals surface area (Å²) < 4.78 is 20.4. The molecule has 0 atom stereocenters. The second kappa shape index (κ2) is 8.44. The van der Waals surface area contributed by atoms with Crippen molar-refractivity contribution >= 4 is 29.2 Å². The van der Waals surface area contributed by atoms with Crippen molar-refractivity contribution in [2.24, 2.45) is 0 Å². The third-order valence-electron chi connectivity index (χ3n) is 3.56. The van der Waals surface area contributed by atoms with Gasteiger partial charge in [-0.1, -0.05) is 11.6 Å². The number of rotatable bonds is 6. The van der Waals surface area contributed by atoms with Crippen molar-refractivity contribution in [3.8, 4) is 17.2 Å². The number of benzene rings is 2. The van der Waals surface area contributed by atoms with E-state index in [2.05, 4.69) is 10.1 Å². The van der Waals surface area contributed by atoms with Crippen molar-refractivity contribution in [2.45, 2.75) is 0 Å². The number of methoxy groups -OCH3 is 4. The molecule has 0 heterocycles. The van der Waals surface area contributed by atoms with E-state index >= 15 is 0 Å². The van der Waals surface area contributed by atoms with Crippen LogP contribution >= 0.6 is 11.6 Å². The van der Waals surface area contributed by atoms with Gasteiger partial charge < -0.3 is 24.3 Å². The summed E-state index contributed by atoms with van der Waals surface area (Å²) in [5.74, 6) is 0.0493. The lowest BCUT2D eigenvalue weighted by molar-refractivity contribution is 0.0600. The zero-order valence-corrected chi connectivity index (χ0v) is 15.5. The molecule has 2 aromatic carbocycles. The number of carbonyl (C=O) groups is 2. The zero-order valence-electron chi connectivity index (χ0n) is 14.7. The molecular weight excluding hydrogens is 362 g/mol. The summed E-state index contributed by atoms with van der Waals surface area (Å²) >= 11 is 6.10. The SMILES string of the molecule is COC(=O)c1ccc(Cl)c(NC(=O)c2cc(OC)c(OC)c(OC)c2)c1. The summed E-state index contributed by atoms with van der Waals surface area (Å²) in [6.45, 7) is 0. The maximum absolute atomic E-state index is 12.6. The lowest BCUT2D eigenvalue weighted by Crippen LogP contribution is -2.14. The summed E-state index contributed by atoms with van der Waals surface area (Å²) in [6.07, 6.45) is 0. The molecule has 0 saturated carbocycles. The molecule has 0 saturated heterocycles. The van der Waals surface area contributed by atoms with Gasteiger partial charge in [0.25, 0.3) is 5.91 Å². The number of esters is 1. The van der Waals surface area contributed by atoms with E-state index in [1.165, 1.54) is 58.8 Å². The Morgan fingerprint density at radius 3 is 2.00 bits per heavy atom. The first-order valence-electron chi connectivity index (χ1n) is 7.44. The number of nitrogens with one attached hydrogen (secondary N) is 1. The summed E-state index contributed by atoms with van der Waals surface area (Å²) in [6, 6.07) is 7.45. The lowest BCUT2D eigenvalue weighted by atomic mass is 10.1. The second-order valence-corrected chi connectivity index (χ2v) is 5.46. The summed E-state index contributed by atoms with van der Waals surface area (Å²) in [5, 5.41) is 2.93. The highest BCUT2D eigenvalue weighted by atomic mass is 35.5. The smallest absolute Gasteiger partial charge is 0.337 e. The number of halogens is 1. The Hall–Kier alpha value is -2.93. The van der Waals surface area contributed by atoms with Crippen LogP contribution in [-0.2, 0) is 4.74 Å². The van der Waals surface area contributed by atoms with E-state index in [4.69, 9.17) is 25.8 Å². The first kappa shape index (κ1) is 19.4. The van der Waals surface area contributed by atoms with Gasteiger partial charge in [-0.25, -0.2) is 4.79 Å². The predicted molar refractivity (Wildman–Crippen MR) is 96.8 cm³/mol. The first-order chi connectivity index (χ1) is 12.4. The van der Waals surface area contributed by atoms with Gasteiger partial charge in [0.1, 0.15) is 0 Å². The average molecular weight is 380 g/mol. The molecule has 2 aromatic rings. The average Bonchev–Trinajstić information content (AvgIpc) is 2.67. The van der Waals surface area contributed by atoms with Gasteiger partial charge in [-0.05, 0) is 30.3 Å². The van der Waals surface area contributed by atoms with E-state index in [1.807, 2.05) is 0 Å². The molecule has 1 amide bonds. The highest BCUT2D eigenvalue weighted by molar-refractivity contribution is 6.34. The van der Waals surface area contributed by atoms with Gasteiger partial charge in [-0.15, -0.1) is 0 Å². The molecule has 0 fully saturated rings. The normalized spacial score (nSPS) is 10.0. The molecular formula is C18H18ClNO6. The minimum Gasteiger partial charge on any atom is -0.493 e. The van der Waals surface area contributed by atoms with Gasteiger partial charge in [-0.2, -0.15) is 0 Å². The molecule has 0 aromatic heterocycles. The Kier molecular flexibility index (Phi) is 6.30. The van der Waals surface area contributed by atoms with Crippen LogP contribution in [0, 0.1) is 0 Å². The van der Waals surface area contributed by atoms with E-state index in [1.54, 1.807) is 0 Å². The molecule has 0 bridgehead atoms. The Morgan fingerprint density at radius 1 is 0.885 bits per heavy atom. The maximum Gasteiger partial charge on any atom is 0.337 e. The van der Waals surface area contributed by atoms with E-state index in [9.17, 15) is 9.59 Å². The quantitative estimate of drug-likeness (QED) is 0.774. The zero-order chi connectivity index (χ0) is 19.3. The van der Waals surface area contributed by atoms with Gasteiger partial charge in [0.2, 0.25) is 5.75 Å². The Balaban J connectivity index is 2.37. The number of amides is 1. The monoisotopic (exact) mass is 379 g/mol. The molecule has 0 spiro atoms. The molecule has 0 aliphatic heterocycles. The molecule has 0 aliphatic rings. The largest absolute Gasteiger partial charge is 0.493 e. The molecule has 8 heteroatoms. The highest BCUT2D eigenvalue weighted by Gasteiger charge is 2.18. The standard InChI is InChI=1S/C18H18ClNO6/c1-23-14-8-11(9-15(24-2)16(14)25-3)17(21)20-13-7-10(18(22)26-4)5-6-12(13)19/h5-9H,1-4H3,(H,20,21). The van der Waals surface area contributed by atoms with Gasteiger partial charge in [0, 0.05) is 5.56 Å². The molecule has 7 nitrogen and oxygen atoms in total. The number of hydrogen-bond acceptors (Lipinski definition) is 6. The van der Waals surface area contributed by atoms with Crippen LogP contribution in [0.2, 0.25) is 5.02 Å². The molecule has 0 aliphatic carbocycles. The number of hydrogen-bond donors (Lipinski definition) is 1. The van der Waals surface area contributed by atoms with Crippen LogP contribution in [0.25, 0.3) is 0 Å². The third kappa shape index (κ3) is 4.00. The van der Waals surface area contributed by atoms with Gasteiger partial charge >= 0.3 is 5.97 Å². The highest BCUT2D eigenvalue weighted by Crippen LogP contribution is 2.38. The van der Waals surface area contributed by atoms with Crippen molar-refractivity contribution in [2.75, 3.05) is 33.8 Å². The molecule has 0 unspecified atom stereocenters. The Labute approximate surface area is 155 Å². The molecule has 2 rings (SSSR count). The second-order valence-electron chi connectivity index (χ2n) is 5.05. The van der Waals surface area contributed by atoms with Crippen LogP contribution in [0.1, 0.15) is 20.7 Å². The fourth-order valence-corrected chi connectivity index (χ4v) is 2.44. The van der Waals surface area contributed by atoms with E-state index < -0.39 is 11.9 Å². The van der Waals surface area contributed by atoms with Crippen LogP contribution in [0.5, 0.6) is 17.2 Å². The first-order valence-corrected chi connectivity index (χ1v) is 7.82. The molecule has 138 valence electrons. The number of ether oxygens (including phenoxy) is 4. The van der Waals surface area contributed by atoms with Crippen LogP contribution in [0.15, 0.2) is 30.3 Å². The molecule has 1 N–H and O–H groups in total. The van der Waals surface area contributed by atoms with Gasteiger partial charge in [-0.3, -0.25) is 4.79 Å². The predicted octanol–water partition coefficient (Wildman–Crippen LogP) is 3.40. The van der Waals surface area contributed by atoms with Crippen molar-refractivity contribution in [3.63, 3.8) is 0 Å². The fourth-order valence-electron chi connectivity index (χ4n) is 2.27. The van der Waals surface area contributed by atoms with Crippen LogP contribution in [0.4, 0.5) is 5.69 Å². The van der Waals surface area contributed by atoms with Crippen molar-refractivity contribution in [3.05, 3.63) is 46.5 Å². The van der Waals surface area contributed by atoms with E-state index in [0.717, 1.165) is 0 Å². The Bertz CT molecular complexity index is 811. The Morgan fingerprint density at radius 2 is 1.50 bits per heavy atom. The van der Waals surface area contributed by atoms with Crippen molar-refractivity contribution in [1.29, 1.82) is 0 Å². The van der Waals surface area contributed by atoms with Crippen LogP contribution in [-0.4, -0.2) is 40.3 Å². The van der Waals surface area contributed by atoms with Crippen molar-refractivity contribution < 1.29 is 28.5 Å². The minimum absolute atomic E-state index is 0.261. The fraction of sp³-hybridized carbons (Fsp3) is 0.222. The van der Waals surface area contributed by atoms with Crippen LogP contribution < -0.4 is 19.5 Å². The molecule has 0 radical (unpaired) electrons. The van der Waals surface area contributed by atoms with Gasteiger partial charge in [0.15, 0.2) is 11.5 Å². The summed E-state index contributed by atoms with van der Waals surface area (Å²) in [5.41, 5.74) is 0.796. The van der Waals surface area contributed by atoms with Crippen molar-refractivity contribution in [1.82, 2.24) is 0 Å². The van der Waals surface area contributed by atoms with Gasteiger partial charge in [0.05, 0.1) is 44.7 Å². The van der Waals surface area contributed by atoms with Crippen LogP contribution in [0.3, 0.4) is 0 Å². The van der Waals surface area contributed by atoms with E-state index in [-0.39, 0.29) is 21.8 Å². The topological polar surface area (TPSA) is 83.1 Å². The minimum atomic E-state index is -0.537. The maximum atomic E-state index is 12.6. The summed E-state index contributed by atoms with van der Waals surface area (Å²) in [7, 11) is 5.65. The molecule has 26 heavy (non-hydrogen) atoms.